The Morgan fingerprint density at radius 2 is 2.10 bits per heavy atom. The molecule has 0 aromatic carbocycles. The van der Waals surface area contributed by atoms with Gasteiger partial charge in [0.2, 0.25) is 10.0 Å². The van der Waals surface area contributed by atoms with Crippen LogP contribution in [-0.2, 0) is 10.0 Å². The van der Waals surface area contributed by atoms with Gasteiger partial charge in [-0.2, -0.15) is 9.57 Å². The number of piperazine rings is 1. The van der Waals surface area contributed by atoms with Crippen LogP contribution in [0.25, 0.3) is 0 Å². The van der Waals surface area contributed by atoms with Gasteiger partial charge in [-0.15, -0.1) is 0 Å². The topological polar surface area (TPSA) is 77.3 Å². The van der Waals surface area contributed by atoms with Crippen LogP contribution < -0.4 is 0 Å². The lowest BCUT2D eigenvalue weighted by Gasteiger charge is -2.35. The fourth-order valence-electron chi connectivity index (χ4n) is 2.34. The van der Waals surface area contributed by atoms with Crippen molar-refractivity contribution in [2.24, 2.45) is 0 Å². The highest BCUT2D eigenvalue weighted by Gasteiger charge is 2.30. The van der Waals surface area contributed by atoms with Crippen molar-refractivity contribution in [2.45, 2.75) is 24.3 Å². The Hall–Kier alpha value is -1.49. The van der Waals surface area contributed by atoms with Crippen LogP contribution >= 0.6 is 0 Å². The van der Waals surface area contributed by atoms with Gasteiger partial charge in [0.05, 0.1) is 12.1 Å². The molecule has 20 heavy (non-hydrogen) atoms. The van der Waals surface area contributed by atoms with E-state index in [-0.39, 0.29) is 10.9 Å². The SMILES string of the molecule is CCC(C#N)N1CCN(S(=O)(=O)c2cccnc2)CC1. The second-order valence-corrected chi connectivity index (χ2v) is 6.62. The van der Waals surface area contributed by atoms with Gasteiger partial charge in [-0.3, -0.25) is 9.88 Å². The third-order valence-corrected chi connectivity index (χ3v) is 5.40. The molecular weight excluding hydrogens is 276 g/mol. The third-order valence-electron chi connectivity index (χ3n) is 3.52. The highest BCUT2D eigenvalue weighted by atomic mass is 32.2. The molecule has 1 atom stereocenters. The summed E-state index contributed by atoms with van der Waals surface area (Å²) in [6, 6.07) is 5.30. The summed E-state index contributed by atoms with van der Waals surface area (Å²) in [5.74, 6) is 0. The van der Waals surface area contributed by atoms with Crippen molar-refractivity contribution in [3.8, 4) is 6.07 Å². The zero-order valence-corrected chi connectivity index (χ0v) is 12.3. The Balaban J connectivity index is 2.06. The molecule has 0 saturated carbocycles. The maximum Gasteiger partial charge on any atom is 0.244 e. The van der Waals surface area contributed by atoms with Crippen LogP contribution in [-0.4, -0.2) is 54.8 Å². The minimum Gasteiger partial charge on any atom is -0.285 e. The molecule has 0 radical (unpaired) electrons. The fraction of sp³-hybridized carbons (Fsp3) is 0.538. The summed E-state index contributed by atoms with van der Waals surface area (Å²) in [6.07, 6.45) is 3.67. The standard InChI is InChI=1S/C13H18N4O2S/c1-2-12(10-14)16-6-8-17(9-7-16)20(18,19)13-4-3-5-15-11-13/h3-5,11-12H,2,6-9H2,1H3. The van der Waals surface area contributed by atoms with E-state index in [2.05, 4.69) is 11.1 Å². The van der Waals surface area contributed by atoms with Gasteiger partial charge in [0.25, 0.3) is 0 Å². The van der Waals surface area contributed by atoms with E-state index in [1.807, 2.05) is 11.8 Å². The molecule has 1 saturated heterocycles. The molecule has 2 heterocycles. The fourth-order valence-corrected chi connectivity index (χ4v) is 3.72. The quantitative estimate of drug-likeness (QED) is 0.816. The lowest BCUT2D eigenvalue weighted by Crippen LogP contribution is -2.51. The van der Waals surface area contributed by atoms with Gasteiger partial charge >= 0.3 is 0 Å². The van der Waals surface area contributed by atoms with Crippen molar-refractivity contribution < 1.29 is 8.42 Å². The average molecular weight is 294 g/mol. The highest BCUT2D eigenvalue weighted by Crippen LogP contribution is 2.17. The number of aromatic nitrogens is 1. The Bertz CT molecular complexity index is 574. The number of sulfonamides is 1. The van der Waals surface area contributed by atoms with Crippen LogP contribution in [0.15, 0.2) is 29.4 Å². The summed E-state index contributed by atoms with van der Waals surface area (Å²) in [7, 11) is -3.46. The Morgan fingerprint density at radius 1 is 1.40 bits per heavy atom. The smallest absolute Gasteiger partial charge is 0.244 e. The molecule has 1 aromatic heterocycles. The van der Waals surface area contributed by atoms with E-state index in [9.17, 15) is 8.42 Å². The van der Waals surface area contributed by atoms with E-state index >= 15 is 0 Å². The summed E-state index contributed by atoms with van der Waals surface area (Å²) < 4.78 is 26.3. The molecule has 1 aromatic rings. The molecule has 6 nitrogen and oxygen atoms in total. The average Bonchev–Trinajstić information content (AvgIpc) is 2.50. The summed E-state index contributed by atoms with van der Waals surface area (Å²) in [4.78, 5) is 6.12. The van der Waals surface area contributed by atoms with Gasteiger partial charge in [0.1, 0.15) is 4.90 Å². The monoisotopic (exact) mass is 294 g/mol. The molecule has 108 valence electrons. The Labute approximate surface area is 119 Å². The van der Waals surface area contributed by atoms with Crippen molar-refractivity contribution in [3.05, 3.63) is 24.5 Å². The van der Waals surface area contributed by atoms with Crippen LogP contribution in [0.2, 0.25) is 0 Å². The van der Waals surface area contributed by atoms with E-state index in [1.54, 1.807) is 18.3 Å². The second kappa shape index (κ2) is 6.31. The molecule has 2 rings (SSSR count). The predicted octanol–water partition coefficient (Wildman–Crippen LogP) is 0.690. The lowest BCUT2D eigenvalue weighted by molar-refractivity contribution is 0.159. The van der Waals surface area contributed by atoms with Gasteiger partial charge in [0.15, 0.2) is 0 Å². The van der Waals surface area contributed by atoms with Crippen LogP contribution in [0.1, 0.15) is 13.3 Å². The molecule has 1 aliphatic rings. The van der Waals surface area contributed by atoms with E-state index < -0.39 is 10.0 Å². The normalized spacial score (nSPS) is 19.4. The van der Waals surface area contributed by atoms with Crippen molar-refractivity contribution in [1.82, 2.24) is 14.2 Å². The zero-order valence-electron chi connectivity index (χ0n) is 11.4. The minimum absolute atomic E-state index is 0.127. The van der Waals surface area contributed by atoms with Gasteiger partial charge in [0, 0.05) is 38.6 Å². The summed E-state index contributed by atoms with van der Waals surface area (Å²) in [6.45, 7) is 3.97. The van der Waals surface area contributed by atoms with E-state index in [0.717, 1.165) is 6.42 Å². The lowest BCUT2D eigenvalue weighted by atomic mass is 10.2. The molecule has 0 spiro atoms. The van der Waals surface area contributed by atoms with Crippen LogP contribution in [0.4, 0.5) is 0 Å². The molecule has 0 aliphatic carbocycles. The molecule has 0 bridgehead atoms. The first-order valence-corrected chi connectivity index (χ1v) is 8.07. The number of nitrogens with zero attached hydrogens (tertiary/aromatic N) is 4. The number of hydrogen-bond donors (Lipinski definition) is 0. The van der Waals surface area contributed by atoms with Gasteiger partial charge in [-0.1, -0.05) is 6.92 Å². The first-order chi connectivity index (χ1) is 9.59. The molecule has 1 aliphatic heterocycles. The number of hydrogen-bond acceptors (Lipinski definition) is 5. The van der Waals surface area contributed by atoms with Crippen molar-refractivity contribution in [3.63, 3.8) is 0 Å². The molecule has 0 amide bonds. The second-order valence-electron chi connectivity index (χ2n) is 4.68. The van der Waals surface area contributed by atoms with Crippen molar-refractivity contribution in [1.29, 1.82) is 5.26 Å². The summed E-state index contributed by atoms with van der Waals surface area (Å²) in [5, 5.41) is 9.05. The maximum atomic E-state index is 12.4. The number of pyridine rings is 1. The van der Waals surface area contributed by atoms with Crippen molar-refractivity contribution >= 4 is 10.0 Å². The summed E-state index contributed by atoms with van der Waals surface area (Å²) in [5.41, 5.74) is 0. The highest BCUT2D eigenvalue weighted by molar-refractivity contribution is 7.89. The van der Waals surface area contributed by atoms with Crippen LogP contribution in [0.3, 0.4) is 0 Å². The molecule has 0 N–H and O–H groups in total. The zero-order chi connectivity index (χ0) is 14.6. The van der Waals surface area contributed by atoms with Gasteiger partial charge < -0.3 is 0 Å². The largest absolute Gasteiger partial charge is 0.285 e. The Morgan fingerprint density at radius 3 is 2.60 bits per heavy atom. The van der Waals surface area contributed by atoms with E-state index in [1.165, 1.54) is 10.5 Å². The van der Waals surface area contributed by atoms with Crippen LogP contribution in [0, 0.1) is 11.3 Å². The van der Waals surface area contributed by atoms with Gasteiger partial charge in [-0.25, -0.2) is 8.42 Å². The molecule has 1 unspecified atom stereocenters. The minimum atomic E-state index is -3.46. The van der Waals surface area contributed by atoms with E-state index in [4.69, 9.17) is 5.26 Å². The third kappa shape index (κ3) is 2.98. The summed E-state index contributed by atoms with van der Waals surface area (Å²) >= 11 is 0. The Kier molecular flexibility index (Phi) is 4.70. The number of nitriles is 1. The molecule has 1 fully saturated rings. The van der Waals surface area contributed by atoms with Crippen molar-refractivity contribution in [2.75, 3.05) is 26.2 Å². The predicted molar refractivity (Wildman–Crippen MR) is 74.3 cm³/mol. The molecular formula is C13H18N4O2S. The first-order valence-electron chi connectivity index (χ1n) is 6.63. The number of rotatable bonds is 4. The maximum absolute atomic E-state index is 12.4. The van der Waals surface area contributed by atoms with E-state index in [0.29, 0.717) is 26.2 Å². The molecule has 7 heteroatoms. The van der Waals surface area contributed by atoms with Gasteiger partial charge in [-0.05, 0) is 18.6 Å². The van der Waals surface area contributed by atoms with Crippen LogP contribution in [0.5, 0.6) is 0 Å². The first kappa shape index (κ1) is 14.9.